The van der Waals surface area contributed by atoms with Crippen molar-refractivity contribution in [1.29, 1.82) is 0 Å². The van der Waals surface area contributed by atoms with Gasteiger partial charge in [0.1, 0.15) is 12.4 Å². The lowest BCUT2D eigenvalue weighted by molar-refractivity contribution is -0.120. The maximum atomic E-state index is 13.4. The number of benzene rings is 1. The lowest BCUT2D eigenvalue weighted by atomic mass is 10.3. The molecule has 0 fully saturated rings. The lowest BCUT2D eigenvalue weighted by Crippen LogP contribution is -2.20. The van der Waals surface area contributed by atoms with E-state index >= 15 is 0 Å². The highest BCUT2D eigenvalue weighted by atomic mass is 32.2. The molecular formula is C11H15FN2O4S. The first-order valence-corrected chi connectivity index (χ1v) is 7.09. The van der Waals surface area contributed by atoms with Crippen LogP contribution in [0.15, 0.2) is 23.1 Å². The maximum absolute atomic E-state index is 13.4. The van der Waals surface area contributed by atoms with Gasteiger partial charge in [-0.2, -0.15) is 0 Å². The molecule has 1 amide bonds. The number of hydrogen-bond acceptors (Lipinski definition) is 4. The summed E-state index contributed by atoms with van der Waals surface area (Å²) in [5.74, 6) is -1.32. The molecule has 0 atom stereocenters. The average Bonchev–Trinajstić information content (AvgIpc) is 2.31. The van der Waals surface area contributed by atoms with Crippen LogP contribution >= 0.6 is 0 Å². The van der Waals surface area contributed by atoms with Gasteiger partial charge < -0.3 is 10.1 Å². The van der Waals surface area contributed by atoms with Crippen LogP contribution in [0, 0.1) is 5.82 Å². The van der Waals surface area contributed by atoms with Gasteiger partial charge in [0.05, 0.1) is 10.6 Å². The Hall–Kier alpha value is -1.51. The van der Waals surface area contributed by atoms with E-state index in [1.54, 1.807) is 0 Å². The highest BCUT2D eigenvalue weighted by Gasteiger charge is 2.13. The lowest BCUT2D eigenvalue weighted by Gasteiger charge is -2.08. The Bertz CT molecular complexity index is 560. The third-order valence-electron chi connectivity index (χ3n) is 2.12. The van der Waals surface area contributed by atoms with E-state index in [0.717, 1.165) is 24.6 Å². The van der Waals surface area contributed by atoms with Gasteiger partial charge in [0.15, 0.2) is 0 Å². The van der Waals surface area contributed by atoms with E-state index in [4.69, 9.17) is 9.88 Å². The highest BCUT2D eigenvalue weighted by Crippen LogP contribution is 2.18. The summed E-state index contributed by atoms with van der Waals surface area (Å²) >= 11 is 0. The molecule has 6 nitrogen and oxygen atoms in total. The number of primary sulfonamides is 1. The van der Waals surface area contributed by atoms with Gasteiger partial charge in [0.2, 0.25) is 15.9 Å². The van der Waals surface area contributed by atoms with E-state index in [1.165, 1.54) is 0 Å². The molecule has 1 aromatic rings. The quantitative estimate of drug-likeness (QED) is 0.758. The molecule has 8 heteroatoms. The molecule has 0 aromatic heterocycles. The summed E-state index contributed by atoms with van der Waals surface area (Å²) in [6.07, 6.45) is 0.753. The van der Waals surface area contributed by atoms with Crippen molar-refractivity contribution in [3.05, 3.63) is 24.0 Å². The van der Waals surface area contributed by atoms with Crippen LogP contribution in [0.5, 0.6) is 0 Å². The van der Waals surface area contributed by atoms with Crippen LogP contribution in [0.2, 0.25) is 0 Å². The van der Waals surface area contributed by atoms with Crippen molar-refractivity contribution in [1.82, 2.24) is 0 Å². The molecular weight excluding hydrogens is 275 g/mol. The number of amides is 1. The van der Waals surface area contributed by atoms with E-state index in [9.17, 15) is 17.6 Å². The molecule has 1 aromatic carbocycles. The number of anilines is 1. The average molecular weight is 290 g/mol. The predicted molar refractivity (Wildman–Crippen MR) is 67.5 cm³/mol. The standard InChI is InChI=1S/C11H15FN2O4S/c1-2-5-18-7-11(15)14-10-6-8(19(13,16)17)3-4-9(10)12/h3-4,6H,2,5,7H2,1H3,(H,14,15)(H2,13,16,17). The van der Waals surface area contributed by atoms with Gasteiger partial charge in [-0.3, -0.25) is 4.79 Å². The van der Waals surface area contributed by atoms with Gasteiger partial charge in [-0.05, 0) is 24.6 Å². The zero-order valence-corrected chi connectivity index (χ0v) is 11.2. The van der Waals surface area contributed by atoms with Crippen molar-refractivity contribution in [3.63, 3.8) is 0 Å². The Morgan fingerprint density at radius 1 is 1.47 bits per heavy atom. The zero-order valence-electron chi connectivity index (χ0n) is 10.3. The second kappa shape index (κ2) is 6.60. The van der Waals surface area contributed by atoms with Crippen molar-refractivity contribution in [2.75, 3.05) is 18.5 Å². The monoisotopic (exact) mass is 290 g/mol. The van der Waals surface area contributed by atoms with E-state index < -0.39 is 21.7 Å². The molecule has 0 radical (unpaired) electrons. The first-order valence-electron chi connectivity index (χ1n) is 5.54. The third-order valence-corrected chi connectivity index (χ3v) is 3.03. The van der Waals surface area contributed by atoms with Gasteiger partial charge in [-0.1, -0.05) is 6.92 Å². The smallest absolute Gasteiger partial charge is 0.250 e. The van der Waals surface area contributed by atoms with Crippen LogP contribution in [0.1, 0.15) is 13.3 Å². The second-order valence-corrected chi connectivity index (χ2v) is 5.35. The van der Waals surface area contributed by atoms with E-state index in [1.807, 2.05) is 6.92 Å². The summed E-state index contributed by atoms with van der Waals surface area (Å²) in [4.78, 5) is 11.1. The van der Waals surface area contributed by atoms with Gasteiger partial charge in [0, 0.05) is 6.61 Å². The Morgan fingerprint density at radius 3 is 2.74 bits per heavy atom. The van der Waals surface area contributed by atoms with Gasteiger partial charge >= 0.3 is 0 Å². The van der Waals surface area contributed by atoms with Crippen molar-refractivity contribution < 1.29 is 22.3 Å². The number of nitrogens with two attached hydrogens (primary N) is 1. The fourth-order valence-electron chi connectivity index (χ4n) is 1.27. The molecule has 0 saturated heterocycles. The number of ether oxygens (including phenoxy) is 1. The highest BCUT2D eigenvalue weighted by molar-refractivity contribution is 7.89. The Kier molecular flexibility index (Phi) is 5.40. The molecule has 106 valence electrons. The molecule has 0 saturated carbocycles. The van der Waals surface area contributed by atoms with Crippen LogP contribution < -0.4 is 10.5 Å². The van der Waals surface area contributed by atoms with Crippen molar-refractivity contribution >= 4 is 21.6 Å². The first kappa shape index (κ1) is 15.5. The molecule has 1 rings (SSSR count). The zero-order chi connectivity index (χ0) is 14.5. The van der Waals surface area contributed by atoms with E-state index in [2.05, 4.69) is 5.32 Å². The largest absolute Gasteiger partial charge is 0.372 e. The summed E-state index contributed by atoms with van der Waals surface area (Å²) in [6.45, 7) is 2.06. The summed E-state index contributed by atoms with van der Waals surface area (Å²) in [6, 6.07) is 2.90. The third kappa shape index (κ3) is 4.93. The number of sulfonamides is 1. The van der Waals surface area contributed by atoms with Crippen LogP contribution in [0.25, 0.3) is 0 Å². The summed E-state index contributed by atoms with van der Waals surface area (Å²) < 4.78 is 40.6. The van der Waals surface area contributed by atoms with Gasteiger partial charge in [-0.15, -0.1) is 0 Å². The molecule has 3 N–H and O–H groups in total. The number of hydrogen-bond donors (Lipinski definition) is 2. The van der Waals surface area contributed by atoms with Gasteiger partial charge in [0.25, 0.3) is 0 Å². The minimum atomic E-state index is -3.95. The van der Waals surface area contributed by atoms with Gasteiger partial charge in [-0.25, -0.2) is 17.9 Å². The summed E-state index contributed by atoms with van der Waals surface area (Å²) in [7, 11) is -3.95. The van der Waals surface area contributed by atoms with Crippen LogP contribution in [0.3, 0.4) is 0 Å². The van der Waals surface area contributed by atoms with Crippen LogP contribution in [0.4, 0.5) is 10.1 Å². The first-order chi connectivity index (χ1) is 8.84. The van der Waals surface area contributed by atoms with Crippen molar-refractivity contribution in [2.45, 2.75) is 18.2 Å². The summed E-state index contributed by atoms with van der Waals surface area (Å²) in [5, 5.41) is 7.14. The number of nitrogens with one attached hydrogen (secondary N) is 1. The normalized spacial score (nSPS) is 11.3. The molecule has 19 heavy (non-hydrogen) atoms. The Labute approximate surface area is 110 Å². The van der Waals surface area contributed by atoms with Crippen molar-refractivity contribution in [2.24, 2.45) is 5.14 Å². The number of rotatable bonds is 6. The number of carbonyl (C=O) groups is 1. The fraction of sp³-hybridized carbons (Fsp3) is 0.364. The Balaban J connectivity index is 2.80. The number of carbonyl (C=O) groups excluding carboxylic acids is 1. The predicted octanol–water partition coefficient (Wildman–Crippen LogP) is 0.838. The topological polar surface area (TPSA) is 98.5 Å². The number of halogens is 1. The minimum Gasteiger partial charge on any atom is -0.372 e. The summed E-state index contributed by atoms with van der Waals surface area (Å²) in [5.41, 5.74) is -0.253. The van der Waals surface area contributed by atoms with Crippen LogP contribution in [-0.2, 0) is 19.6 Å². The molecule has 0 aliphatic heterocycles. The SMILES string of the molecule is CCCOCC(=O)Nc1cc(S(N)(=O)=O)ccc1F. The molecule has 0 heterocycles. The molecule has 0 aliphatic carbocycles. The minimum absolute atomic E-state index is 0.229. The van der Waals surface area contributed by atoms with E-state index in [0.29, 0.717) is 6.61 Å². The molecule has 0 unspecified atom stereocenters. The molecule has 0 spiro atoms. The second-order valence-electron chi connectivity index (χ2n) is 3.79. The maximum Gasteiger partial charge on any atom is 0.250 e. The Morgan fingerprint density at radius 2 is 2.16 bits per heavy atom. The van der Waals surface area contributed by atoms with Crippen LogP contribution in [-0.4, -0.2) is 27.5 Å². The molecule has 0 aliphatic rings. The van der Waals surface area contributed by atoms with E-state index in [-0.39, 0.29) is 17.2 Å². The molecule has 0 bridgehead atoms. The van der Waals surface area contributed by atoms with Crippen molar-refractivity contribution in [3.8, 4) is 0 Å². The fourth-order valence-corrected chi connectivity index (χ4v) is 1.81.